The lowest BCUT2D eigenvalue weighted by atomic mass is 9.90. The van der Waals surface area contributed by atoms with Crippen LogP contribution in [0.15, 0.2) is 36.5 Å². The molecule has 2 fully saturated rings. The number of carbonyl (C=O) groups is 3. The number of hydrogen-bond acceptors (Lipinski definition) is 8. The highest BCUT2D eigenvalue weighted by Crippen LogP contribution is 2.32. The van der Waals surface area contributed by atoms with Crippen molar-refractivity contribution in [2.24, 2.45) is 5.92 Å². The van der Waals surface area contributed by atoms with Gasteiger partial charge in [-0.3, -0.25) is 9.69 Å². The van der Waals surface area contributed by atoms with Crippen LogP contribution in [0.5, 0.6) is 5.88 Å². The highest BCUT2D eigenvalue weighted by molar-refractivity contribution is 5.87. The second kappa shape index (κ2) is 14.2. The molecule has 2 aromatic rings. The second-order valence-corrected chi connectivity index (χ2v) is 14.1. The van der Waals surface area contributed by atoms with Crippen LogP contribution < -0.4 is 4.74 Å². The molecule has 0 aliphatic carbocycles. The largest absolute Gasteiger partial charge is 0.474 e. The average molecular weight is 646 g/mol. The van der Waals surface area contributed by atoms with Crippen molar-refractivity contribution in [3.8, 4) is 23.1 Å². The molecule has 0 radical (unpaired) electrons. The molecule has 3 aliphatic heterocycles. The molecular weight excluding hydrogens is 598 g/mol. The van der Waals surface area contributed by atoms with Crippen LogP contribution in [0.4, 0.5) is 9.59 Å². The minimum absolute atomic E-state index is 0.0566. The van der Waals surface area contributed by atoms with E-state index < -0.39 is 23.8 Å². The van der Waals surface area contributed by atoms with Crippen LogP contribution in [-0.2, 0) is 27.2 Å². The van der Waals surface area contributed by atoms with Crippen molar-refractivity contribution in [1.82, 2.24) is 19.7 Å². The van der Waals surface area contributed by atoms with Gasteiger partial charge in [0.1, 0.15) is 23.8 Å². The first-order valence-corrected chi connectivity index (χ1v) is 16.7. The van der Waals surface area contributed by atoms with Gasteiger partial charge < -0.3 is 24.0 Å². The maximum Gasteiger partial charge on any atom is 0.411 e. The smallest absolute Gasteiger partial charge is 0.411 e. The Bertz CT molecular complexity index is 1490. The average Bonchev–Trinajstić information content (AvgIpc) is 3.52. The van der Waals surface area contributed by atoms with Crippen molar-refractivity contribution in [2.75, 3.05) is 19.6 Å². The monoisotopic (exact) mass is 645 g/mol. The lowest BCUT2D eigenvalue weighted by Crippen LogP contribution is -2.55. The number of benzene rings is 1. The number of pyridine rings is 1. The summed E-state index contributed by atoms with van der Waals surface area (Å²) < 4.78 is 17.3. The summed E-state index contributed by atoms with van der Waals surface area (Å²) in [6.07, 6.45) is 4.24. The number of rotatable bonds is 6. The van der Waals surface area contributed by atoms with Gasteiger partial charge in [0, 0.05) is 43.9 Å². The molecule has 3 aliphatic rings. The summed E-state index contributed by atoms with van der Waals surface area (Å²) >= 11 is 0. The van der Waals surface area contributed by atoms with Crippen LogP contribution in [0.3, 0.4) is 0 Å². The van der Waals surface area contributed by atoms with Gasteiger partial charge in [-0.25, -0.2) is 14.6 Å². The van der Waals surface area contributed by atoms with Crippen LogP contribution >= 0.6 is 0 Å². The van der Waals surface area contributed by atoms with Gasteiger partial charge in [0.25, 0.3) is 0 Å². The lowest BCUT2D eigenvalue weighted by Gasteiger charge is -2.39. The zero-order chi connectivity index (χ0) is 33.9. The van der Waals surface area contributed by atoms with Gasteiger partial charge in [-0.05, 0) is 102 Å². The minimum atomic E-state index is -0.738. The molecule has 3 atom stereocenters. The number of likely N-dealkylation sites (tertiary alicyclic amines) is 2. The van der Waals surface area contributed by atoms with Gasteiger partial charge in [-0.2, -0.15) is 5.26 Å². The fraction of sp³-hybridized carbons (Fsp3) is 0.583. The van der Waals surface area contributed by atoms with Crippen molar-refractivity contribution in [3.05, 3.63) is 47.7 Å². The quantitative estimate of drug-likeness (QED) is 0.378. The van der Waals surface area contributed by atoms with Gasteiger partial charge in [-0.1, -0.05) is 12.1 Å². The molecule has 0 bridgehead atoms. The zero-order valence-electron chi connectivity index (χ0n) is 28.4. The number of fused-ring (bicyclic) bond motifs is 1. The maximum atomic E-state index is 13.7. The Balaban J connectivity index is 1.26. The number of piperidine rings is 1. The molecule has 252 valence electrons. The Morgan fingerprint density at radius 1 is 0.936 bits per heavy atom. The minimum Gasteiger partial charge on any atom is -0.474 e. The van der Waals surface area contributed by atoms with Crippen LogP contribution in [0.1, 0.15) is 78.4 Å². The van der Waals surface area contributed by atoms with E-state index in [1.165, 1.54) is 4.90 Å². The summed E-state index contributed by atoms with van der Waals surface area (Å²) in [5.41, 5.74) is 3.05. The third kappa shape index (κ3) is 8.16. The number of carbonyl (C=O) groups excluding carboxylic acids is 3. The maximum absolute atomic E-state index is 13.7. The molecule has 47 heavy (non-hydrogen) atoms. The summed E-state index contributed by atoms with van der Waals surface area (Å²) in [6.45, 7) is 13.2. The Labute approximate surface area is 277 Å². The molecule has 2 saturated heterocycles. The molecule has 11 nitrogen and oxygen atoms in total. The van der Waals surface area contributed by atoms with E-state index in [-0.39, 0.29) is 30.8 Å². The highest BCUT2D eigenvalue weighted by Gasteiger charge is 2.42. The molecule has 11 heteroatoms. The molecule has 3 amide bonds. The fourth-order valence-corrected chi connectivity index (χ4v) is 6.59. The Hall–Kier alpha value is -4.33. The second-order valence-electron chi connectivity index (χ2n) is 14.1. The van der Waals surface area contributed by atoms with E-state index in [0.29, 0.717) is 44.3 Å². The van der Waals surface area contributed by atoms with Crippen LogP contribution in [0.2, 0.25) is 0 Å². The summed E-state index contributed by atoms with van der Waals surface area (Å²) in [4.78, 5) is 48.8. The van der Waals surface area contributed by atoms with E-state index in [1.807, 2.05) is 51.1 Å². The molecule has 0 N–H and O–H groups in total. The highest BCUT2D eigenvalue weighted by atomic mass is 16.6. The van der Waals surface area contributed by atoms with Gasteiger partial charge in [0.2, 0.25) is 11.8 Å². The van der Waals surface area contributed by atoms with E-state index in [1.54, 1.807) is 36.8 Å². The topological polar surface area (TPSA) is 125 Å². The lowest BCUT2D eigenvalue weighted by molar-refractivity contribution is -0.137. The molecular formula is C36H47N5O6. The SMILES string of the molecule is CC(C)OC(=O)N1CCC([C@H](C)Oc2ccc(-c3ccc4c(c3)CN(C(=O)OC(C)(C)C)C(C(=O)N3CCCC3C#N)C4)cn2)CC1. The summed E-state index contributed by atoms with van der Waals surface area (Å²) in [7, 11) is 0. The Morgan fingerprint density at radius 3 is 2.30 bits per heavy atom. The van der Waals surface area contributed by atoms with Gasteiger partial charge >= 0.3 is 12.2 Å². The molecule has 0 saturated carbocycles. The third-order valence-corrected chi connectivity index (χ3v) is 9.11. The Morgan fingerprint density at radius 2 is 1.66 bits per heavy atom. The number of nitriles is 1. The predicted molar refractivity (Wildman–Crippen MR) is 175 cm³/mol. The molecule has 4 heterocycles. The van der Waals surface area contributed by atoms with Gasteiger partial charge in [0.15, 0.2) is 0 Å². The van der Waals surface area contributed by atoms with Crippen molar-refractivity contribution in [1.29, 1.82) is 5.26 Å². The van der Waals surface area contributed by atoms with Crippen molar-refractivity contribution < 1.29 is 28.6 Å². The molecule has 1 aromatic carbocycles. The predicted octanol–water partition coefficient (Wildman–Crippen LogP) is 5.95. The molecule has 0 spiro atoms. The van der Waals surface area contributed by atoms with E-state index in [4.69, 9.17) is 14.2 Å². The van der Waals surface area contributed by atoms with Crippen molar-refractivity contribution in [3.63, 3.8) is 0 Å². The van der Waals surface area contributed by atoms with Crippen molar-refractivity contribution in [2.45, 2.75) is 110 Å². The van der Waals surface area contributed by atoms with Crippen molar-refractivity contribution >= 4 is 18.1 Å². The summed E-state index contributed by atoms with van der Waals surface area (Å²) in [6, 6.07) is 10.9. The van der Waals surface area contributed by atoms with E-state index in [2.05, 4.69) is 11.1 Å². The van der Waals surface area contributed by atoms with E-state index in [0.717, 1.165) is 41.5 Å². The van der Waals surface area contributed by atoms with E-state index in [9.17, 15) is 19.6 Å². The number of hydrogen-bond donors (Lipinski definition) is 0. The molecule has 5 rings (SSSR count). The first kappa shape index (κ1) is 34.0. The van der Waals surface area contributed by atoms with Gasteiger partial charge in [0.05, 0.1) is 18.7 Å². The van der Waals surface area contributed by atoms with Crippen LogP contribution in [0, 0.1) is 17.2 Å². The normalized spacial score (nSPS) is 20.8. The van der Waals surface area contributed by atoms with Gasteiger partial charge in [-0.15, -0.1) is 0 Å². The van der Waals surface area contributed by atoms with Crippen LogP contribution in [0.25, 0.3) is 11.1 Å². The number of aromatic nitrogens is 1. The number of amides is 3. The standard InChI is InChI=1S/C36H47N5O6/c1-23(2)45-34(43)39-16-13-25(14-17-39)24(3)46-32-12-11-28(21-38-32)26-9-10-27-19-31(33(42)40-15-7-8-30(40)20-37)41(22-29(27)18-26)35(44)47-36(4,5)6/h9-12,18,21,23-25,30-31H,7-8,13-17,19,22H2,1-6H3/t24-,30?,31?/m0/s1. The molecule has 1 aromatic heterocycles. The first-order valence-electron chi connectivity index (χ1n) is 16.7. The summed E-state index contributed by atoms with van der Waals surface area (Å²) in [5.74, 6) is 0.638. The van der Waals surface area contributed by atoms with Crippen LogP contribution in [-0.4, -0.2) is 87.3 Å². The fourth-order valence-electron chi connectivity index (χ4n) is 6.59. The number of ether oxygens (including phenoxy) is 3. The first-order chi connectivity index (χ1) is 22.3. The molecule has 2 unspecified atom stereocenters. The third-order valence-electron chi connectivity index (χ3n) is 9.11. The zero-order valence-corrected chi connectivity index (χ0v) is 28.4. The van der Waals surface area contributed by atoms with E-state index >= 15 is 0 Å². The summed E-state index contributed by atoms with van der Waals surface area (Å²) in [5, 5.41) is 9.60. The number of nitrogens with zero attached hydrogens (tertiary/aromatic N) is 5. The Kier molecular flexibility index (Phi) is 10.3.